The van der Waals surface area contributed by atoms with Crippen LogP contribution in [0.25, 0.3) is 0 Å². The van der Waals surface area contributed by atoms with Gasteiger partial charge in [0.2, 0.25) is 5.78 Å². The number of carbonyl (C=O) groups excluding carboxylic acids is 3. The Morgan fingerprint density at radius 2 is 1.67 bits per heavy atom. The molecular weight excluding hydrogens is 346 g/mol. The summed E-state index contributed by atoms with van der Waals surface area (Å²) in [4.78, 5) is 41.2. The van der Waals surface area contributed by atoms with Crippen LogP contribution in [0.15, 0.2) is 59.3 Å². The first kappa shape index (κ1) is 16.9. The second kappa shape index (κ2) is 6.62. The Balaban J connectivity index is 1.53. The highest BCUT2D eigenvalue weighted by molar-refractivity contribution is 6.27. The predicted octanol–water partition coefficient (Wildman–Crippen LogP) is 2.45. The largest absolute Gasteiger partial charge is 0.455 e. The number of carbonyl (C=O) groups is 3. The van der Waals surface area contributed by atoms with Crippen molar-refractivity contribution in [3.63, 3.8) is 0 Å². The highest BCUT2D eigenvalue weighted by atomic mass is 16.4. The van der Waals surface area contributed by atoms with Gasteiger partial charge < -0.3 is 4.42 Å². The average Bonchev–Trinajstić information content (AvgIpc) is 3.17. The number of furan rings is 1. The second-order valence-electron chi connectivity index (χ2n) is 6.15. The third-order valence-corrected chi connectivity index (χ3v) is 4.39. The Morgan fingerprint density at radius 1 is 1.00 bits per heavy atom. The van der Waals surface area contributed by atoms with Crippen LogP contribution in [0.2, 0.25) is 0 Å². The summed E-state index contributed by atoms with van der Waals surface area (Å²) in [5.41, 5.74) is 6.78. The fraction of sp³-hybridized carbons (Fsp3) is 0.100. The number of ketones is 2. The molecular formula is C20H15N3O4. The molecule has 2 N–H and O–H groups in total. The molecule has 7 heteroatoms. The van der Waals surface area contributed by atoms with E-state index in [0.29, 0.717) is 22.5 Å². The van der Waals surface area contributed by atoms with E-state index >= 15 is 0 Å². The van der Waals surface area contributed by atoms with E-state index < -0.39 is 6.04 Å². The Morgan fingerprint density at radius 3 is 2.37 bits per heavy atom. The molecule has 2 heterocycles. The van der Waals surface area contributed by atoms with Crippen molar-refractivity contribution >= 4 is 17.5 Å². The zero-order chi connectivity index (χ0) is 19.0. The molecule has 4 rings (SSSR count). The van der Waals surface area contributed by atoms with Crippen LogP contribution < -0.4 is 10.9 Å². The van der Waals surface area contributed by atoms with Gasteiger partial charge >= 0.3 is 0 Å². The van der Waals surface area contributed by atoms with E-state index in [2.05, 4.69) is 15.8 Å². The lowest BCUT2D eigenvalue weighted by molar-refractivity contribution is 0.0921. The molecule has 0 saturated heterocycles. The highest BCUT2D eigenvalue weighted by Crippen LogP contribution is 2.31. The Kier molecular flexibility index (Phi) is 4.13. The topological polar surface area (TPSA) is 101 Å². The summed E-state index contributed by atoms with van der Waals surface area (Å²) >= 11 is 0. The maximum atomic E-state index is 12.6. The van der Waals surface area contributed by atoms with E-state index in [4.69, 9.17) is 4.42 Å². The lowest BCUT2D eigenvalue weighted by Gasteiger charge is -2.12. The number of aromatic nitrogens is 1. The van der Waals surface area contributed by atoms with Crippen LogP contribution in [0.3, 0.4) is 0 Å². The lowest BCUT2D eigenvalue weighted by Crippen LogP contribution is -2.38. The molecule has 7 nitrogen and oxygen atoms in total. The summed E-state index contributed by atoms with van der Waals surface area (Å²) in [6.07, 6.45) is 3.04. The molecule has 0 bridgehead atoms. The van der Waals surface area contributed by atoms with Gasteiger partial charge in [0.25, 0.3) is 5.91 Å². The van der Waals surface area contributed by atoms with Gasteiger partial charge in [0, 0.05) is 29.1 Å². The molecule has 134 valence electrons. The smallest absolute Gasteiger partial charge is 0.265 e. The molecule has 0 fully saturated rings. The van der Waals surface area contributed by atoms with Crippen LogP contribution in [0.4, 0.5) is 0 Å². The summed E-state index contributed by atoms with van der Waals surface area (Å²) in [7, 11) is 0. The zero-order valence-electron chi connectivity index (χ0n) is 14.4. The van der Waals surface area contributed by atoms with Gasteiger partial charge in [-0.2, -0.15) is 0 Å². The minimum Gasteiger partial charge on any atom is -0.455 e. The lowest BCUT2D eigenvalue weighted by atomic mass is 9.88. The molecule has 3 aromatic rings. The molecule has 0 aliphatic heterocycles. The molecule has 1 amide bonds. The number of hydrogen-bond acceptors (Lipinski definition) is 6. The Labute approximate surface area is 154 Å². The van der Waals surface area contributed by atoms with Crippen molar-refractivity contribution in [2.75, 3.05) is 0 Å². The van der Waals surface area contributed by atoms with Gasteiger partial charge in [-0.3, -0.25) is 24.8 Å². The van der Waals surface area contributed by atoms with Gasteiger partial charge in [-0.25, -0.2) is 5.43 Å². The normalized spacial score (nSPS) is 13.7. The van der Waals surface area contributed by atoms with Crippen molar-refractivity contribution in [1.29, 1.82) is 0 Å². The number of hydrazine groups is 1. The maximum absolute atomic E-state index is 12.6. The predicted molar refractivity (Wildman–Crippen MR) is 95.3 cm³/mol. The molecule has 1 unspecified atom stereocenters. The van der Waals surface area contributed by atoms with Crippen LogP contribution in [-0.2, 0) is 0 Å². The average molecular weight is 361 g/mol. The number of rotatable bonds is 4. The molecule has 1 aliphatic rings. The first-order valence-corrected chi connectivity index (χ1v) is 8.34. The van der Waals surface area contributed by atoms with E-state index in [0.717, 1.165) is 0 Å². The van der Waals surface area contributed by atoms with Gasteiger partial charge in [0.1, 0.15) is 5.76 Å². The highest BCUT2D eigenvalue weighted by Gasteiger charge is 2.34. The number of benzene rings is 1. The SMILES string of the molecule is CC(NNC(=O)c1ccncc1)c1cc2c(o1)C(=O)c1ccccc1C2=O. The van der Waals surface area contributed by atoms with E-state index in [1.807, 2.05) is 0 Å². The fourth-order valence-electron chi connectivity index (χ4n) is 2.93. The quantitative estimate of drug-likeness (QED) is 0.542. The second-order valence-corrected chi connectivity index (χ2v) is 6.15. The standard InChI is InChI=1S/C20H15N3O4/c1-11(22-23-20(26)12-6-8-21-9-7-12)16-10-15-17(24)13-4-2-3-5-14(13)18(25)19(15)27-16/h2-11,22H,1H3,(H,23,26). The van der Waals surface area contributed by atoms with Crippen LogP contribution in [-0.4, -0.2) is 22.5 Å². The van der Waals surface area contributed by atoms with Crippen molar-refractivity contribution in [3.05, 3.63) is 88.6 Å². The van der Waals surface area contributed by atoms with Gasteiger partial charge in [0.05, 0.1) is 11.6 Å². The molecule has 0 saturated carbocycles. The molecule has 27 heavy (non-hydrogen) atoms. The van der Waals surface area contributed by atoms with E-state index in [1.54, 1.807) is 49.4 Å². The van der Waals surface area contributed by atoms with Crippen molar-refractivity contribution in [1.82, 2.24) is 15.8 Å². The van der Waals surface area contributed by atoms with E-state index in [9.17, 15) is 14.4 Å². The minimum absolute atomic E-state index is 0.0304. The van der Waals surface area contributed by atoms with Gasteiger partial charge in [-0.05, 0) is 25.1 Å². The summed E-state index contributed by atoms with van der Waals surface area (Å²) in [5, 5.41) is 0. The zero-order valence-corrected chi connectivity index (χ0v) is 14.4. The van der Waals surface area contributed by atoms with Gasteiger partial charge in [0.15, 0.2) is 11.5 Å². The molecule has 0 radical (unpaired) electrons. The van der Waals surface area contributed by atoms with Crippen LogP contribution in [0, 0.1) is 0 Å². The Hall–Kier alpha value is -3.58. The minimum atomic E-state index is -0.454. The molecule has 1 aromatic carbocycles. The summed E-state index contributed by atoms with van der Waals surface area (Å²) in [6.45, 7) is 1.75. The van der Waals surface area contributed by atoms with Crippen molar-refractivity contribution in [2.24, 2.45) is 0 Å². The first-order chi connectivity index (χ1) is 13.1. The third kappa shape index (κ3) is 2.94. The van der Waals surface area contributed by atoms with Crippen LogP contribution in [0.5, 0.6) is 0 Å². The first-order valence-electron chi connectivity index (χ1n) is 8.34. The van der Waals surface area contributed by atoms with Crippen molar-refractivity contribution in [3.8, 4) is 0 Å². The summed E-state index contributed by atoms with van der Waals surface area (Å²) in [5.74, 6) is -0.491. The fourth-order valence-corrected chi connectivity index (χ4v) is 2.93. The summed E-state index contributed by atoms with van der Waals surface area (Å²) < 4.78 is 5.65. The number of amides is 1. The van der Waals surface area contributed by atoms with Crippen LogP contribution >= 0.6 is 0 Å². The molecule has 1 atom stereocenters. The van der Waals surface area contributed by atoms with Gasteiger partial charge in [-0.15, -0.1) is 0 Å². The van der Waals surface area contributed by atoms with Crippen molar-refractivity contribution < 1.29 is 18.8 Å². The number of hydrogen-bond donors (Lipinski definition) is 2. The number of fused-ring (bicyclic) bond motifs is 2. The van der Waals surface area contributed by atoms with Crippen molar-refractivity contribution in [2.45, 2.75) is 13.0 Å². The molecule has 0 spiro atoms. The third-order valence-electron chi connectivity index (χ3n) is 4.39. The van der Waals surface area contributed by atoms with E-state index in [1.165, 1.54) is 12.4 Å². The molecule has 2 aromatic heterocycles. The molecule has 1 aliphatic carbocycles. The monoisotopic (exact) mass is 361 g/mol. The Bertz CT molecular complexity index is 1000. The maximum Gasteiger partial charge on any atom is 0.265 e. The number of nitrogens with one attached hydrogen (secondary N) is 2. The van der Waals surface area contributed by atoms with Gasteiger partial charge in [-0.1, -0.05) is 24.3 Å². The van der Waals surface area contributed by atoms with Crippen LogP contribution in [0.1, 0.15) is 61.1 Å². The van der Waals surface area contributed by atoms with E-state index in [-0.39, 0.29) is 28.8 Å². The number of pyridine rings is 1. The number of nitrogens with zero attached hydrogens (tertiary/aromatic N) is 1. The summed E-state index contributed by atoms with van der Waals surface area (Å²) in [6, 6.07) is 10.9.